The van der Waals surface area contributed by atoms with Crippen LogP contribution in [-0.2, 0) is 4.79 Å². The Balaban J connectivity index is 1.80. The molecule has 2 aromatic rings. The molecule has 0 bridgehead atoms. The average Bonchev–Trinajstić information content (AvgIpc) is 2.91. The first-order valence-electron chi connectivity index (χ1n) is 6.72. The molecule has 110 valence electrons. The maximum Gasteiger partial charge on any atom is 0.240 e. The molecule has 0 radical (unpaired) electrons. The summed E-state index contributed by atoms with van der Waals surface area (Å²) < 4.78 is 0.841. The molecule has 1 atom stereocenters. The van der Waals surface area contributed by atoms with Crippen molar-refractivity contribution in [3.05, 3.63) is 29.8 Å². The van der Waals surface area contributed by atoms with Gasteiger partial charge in [-0.05, 0) is 31.2 Å². The first-order valence-corrected chi connectivity index (χ1v) is 9.46. The number of amides is 1. The summed E-state index contributed by atoms with van der Waals surface area (Å²) in [7, 11) is 0. The number of hydrogen-bond donors (Lipinski definition) is 0. The lowest BCUT2D eigenvalue weighted by Crippen LogP contribution is -2.37. The van der Waals surface area contributed by atoms with E-state index in [-0.39, 0.29) is 11.2 Å². The van der Waals surface area contributed by atoms with E-state index in [1.807, 2.05) is 41.8 Å². The van der Waals surface area contributed by atoms with E-state index < -0.39 is 0 Å². The van der Waals surface area contributed by atoms with Crippen LogP contribution in [-0.4, -0.2) is 33.7 Å². The maximum absolute atomic E-state index is 12.8. The smallest absolute Gasteiger partial charge is 0.240 e. The van der Waals surface area contributed by atoms with Crippen molar-refractivity contribution >= 4 is 46.5 Å². The van der Waals surface area contributed by atoms with Crippen LogP contribution in [0.25, 0.3) is 0 Å². The number of carbonyl (C=O) groups is 1. The van der Waals surface area contributed by atoms with Gasteiger partial charge in [0, 0.05) is 11.4 Å². The standard InChI is InChI=1S/C14H15N3OS3/c1-10(21-14-16-15-9-20-14)13(18)17-7-4-8-19-12-6-3-2-5-11(12)17/h2-3,5-6,9-10H,4,7-8H2,1H3/t10-/m0/s1. The molecule has 0 fully saturated rings. The third-order valence-electron chi connectivity index (χ3n) is 3.17. The number of benzene rings is 1. The van der Waals surface area contributed by atoms with E-state index in [4.69, 9.17) is 0 Å². The third kappa shape index (κ3) is 3.41. The fourth-order valence-electron chi connectivity index (χ4n) is 2.19. The summed E-state index contributed by atoms with van der Waals surface area (Å²) >= 11 is 4.78. The highest BCUT2D eigenvalue weighted by Gasteiger charge is 2.26. The van der Waals surface area contributed by atoms with Crippen molar-refractivity contribution in [3.63, 3.8) is 0 Å². The second kappa shape index (κ2) is 6.81. The van der Waals surface area contributed by atoms with E-state index in [0.717, 1.165) is 28.7 Å². The zero-order valence-electron chi connectivity index (χ0n) is 11.6. The lowest BCUT2D eigenvalue weighted by Gasteiger charge is -2.25. The van der Waals surface area contributed by atoms with Crippen molar-refractivity contribution in [2.24, 2.45) is 0 Å². The monoisotopic (exact) mass is 337 g/mol. The van der Waals surface area contributed by atoms with Crippen molar-refractivity contribution in [2.75, 3.05) is 17.2 Å². The third-order valence-corrected chi connectivity index (χ3v) is 6.22. The van der Waals surface area contributed by atoms with Crippen LogP contribution in [0.15, 0.2) is 39.0 Å². The molecule has 0 saturated carbocycles. The topological polar surface area (TPSA) is 46.1 Å². The number of para-hydroxylation sites is 1. The van der Waals surface area contributed by atoms with Gasteiger partial charge in [-0.25, -0.2) is 0 Å². The fraction of sp³-hybridized carbons (Fsp3) is 0.357. The van der Waals surface area contributed by atoms with Crippen LogP contribution in [0.2, 0.25) is 0 Å². The molecular formula is C14H15N3OS3. The van der Waals surface area contributed by atoms with Gasteiger partial charge >= 0.3 is 0 Å². The summed E-state index contributed by atoms with van der Waals surface area (Å²) in [6, 6.07) is 8.15. The molecule has 0 aliphatic carbocycles. The Morgan fingerprint density at radius 3 is 3.10 bits per heavy atom. The highest BCUT2D eigenvalue weighted by atomic mass is 32.2. The summed E-state index contributed by atoms with van der Waals surface area (Å²) in [5.41, 5.74) is 2.73. The Morgan fingerprint density at radius 2 is 2.29 bits per heavy atom. The zero-order chi connectivity index (χ0) is 14.7. The molecule has 3 rings (SSSR count). The van der Waals surface area contributed by atoms with Crippen molar-refractivity contribution in [1.29, 1.82) is 0 Å². The first-order chi connectivity index (χ1) is 10.3. The Morgan fingerprint density at radius 1 is 1.43 bits per heavy atom. The van der Waals surface area contributed by atoms with Gasteiger partial charge in [0.15, 0.2) is 4.34 Å². The molecule has 0 spiro atoms. The van der Waals surface area contributed by atoms with Crippen LogP contribution < -0.4 is 4.90 Å². The number of aromatic nitrogens is 2. The lowest BCUT2D eigenvalue weighted by atomic mass is 10.2. The largest absolute Gasteiger partial charge is 0.310 e. The van der Waals surface area contributed by atoms with Crippen LogP contribution in [0.3, 0.4) is 0 Å². The van der Waals surface area contributed by atoms with Crippen LogP contribution in [0.5, 0.6) is 0 Å². The first kappa shape index (κ1) is 14.9. The molecule has 2 heterocycles. The van der Waals surface area contributed by atoms with Gasteiger partial charge in [-0.2, -0.15) is 0 Å². The summed E-state index contributed by atoms with van der Waals surface area (Å²) in [5.74, 6) is 1.20. The Kier molecular flexibility index (Phi) is 4.82. The van der Waals surface area contributed by atoms with E-state index in [0.29, 0.717) is 0 Å². The molecular weight excluding hydrogens is 322 g/mol. The van der Waals surface area contributed by atoms with Gasteiger partial charge < -0.3 is 4.90 Å². The zero-order valence-corrected chi connectivity index (χ0v) is 14.0. The molecule has 0 unspecified atom stereocenters. The molecule has 0 N–H and O–H groups in total. The maximum atomic E-state index is 12.8. The minimum Gasteiger partial charge on any atom is -0.310 e. The van der Waals surface area contributed by atoms with Gasteiger partial charge in [-0.1, -0.05) is 35.2 Å². The van der Waals surface area contributed by atoms with Crippen LogP contribution in [0.1, 0.15) is 13.3 Å². The summed E-state index contributed by atoms with van der Waals surface area (Å²) in [6.07, 6.45) is 1.02. The van der Waals surface area contributed by atoms with Gasteiger partial charge in [-0.15, -0.1) is 22.0 Å². The van der Waals surface area contributed by atoms with Crippen molar-refractivity contribution in [3.8, 4) is 0 Å². The lowest BCUT2D eigenvalue weighted by molar-refractivity contribution is -0.117. The average molecular weight is 337 g/mol. The number of anilines is 1. The van der Waals surface area contributed by atoms with E-state index in [1.54, 1.807) is 5.51 Å². The summed E-state index contributed by atoms with van der Waals surface area (Å²) in [6.45, 7) is 2.72. The Labute approximate surface area is 136 Å². The number of nitrogens with zero attached hydrogens (tertiary/aromatic N) is 3. The fourth-order valence-corrected chi connectivity index (χ4v) is 4.87. The van der Waals surface area contributed by atoms with Gasteiger partial charge in [0.25, 0.3) is 0 Å². The molecule has 1 aromatic heterocycles. The highest BCUT2D eigenvalue weighted by molar-refractivity contribution is 8.02. The number of hydrogen-bond acceptors (Lipinski definition) is 6. The number of thioether (sulfide) groups is 2. The minimum atomic E-state index is -0.158. The second-order valence-corrected chi connectivity index (χ2v) is 8.18. The van der Waals surface area contributed by atoms with Crippen LogP contribution >= 0.6 is 34.9 Å². The molecule has 7 heteroatoms. The molecule has 4 nitrogen and oxygen atoms in total. The second-order valence-electron chi connectivity index (χ2n) is 4.62. The Bertz CT molecular complexity index is 618. The number of carbonyl (C=O) groups excluding carboxylic acids is 1. The minimum absolute atomic E-state index is 0.144. The van der Waals surface area contributed by atoms with E-state index in [2.05, 4.69) is 16.3 Å². The predicted molar refractivity (Wildman–Crippen MR) is 89.4 cm³/mol. The molecule has 21 heavy (non-hydrogen) atoms. The van der Waals surface area contributed by atoms with Crippen LogP contribution in [0.4, 0.5) is 5.69 Å². The Hall–Kier alpha value is -1.05. The van der Waals surface area contributed by atoms with E-state index >= 15 is 0 Å². The summed E-state index contributed by atoms with van der Waals surface area (Å²) in [5, 5.41) is 7.66. The van der Waals surface area contributed by atoms with Crippen molar-refractivity contribution in [1.82, 2.24) is 10.2 Å². The van der Waals surface area contributed by atoms with Crippen molar-refractivity contribution < 1.29 is 4.79 Å². The van der Waals surface area contributed by atoms with Gasteiger partial charge in [0.05, 0.1) is 10.9 Å². The normalized spacial score (nSPS) is 16.1. The molecule has 1 amide bonds. The van der Waals surface area contributed by atoms with Gasteiger partial charge in [-0.3, -0.25) is 4.79 Å². The van der Waals surface area contributed by atoms with Gasteiger partial charge in [0.2, 0.25) is 5.91 Å². The predicted octanol–water partition coefficient (Wildman–Crippen LogP) is 3.55. The quantitative estimate of drug-likeness (QED) is 0.802. The van der Waals surface area contributed by atoms with Crippen molar-refractivity contribution in [2.45, 2.75) is 27.8 Å². The van der Waals surface area contributed by atoms with Gasteiger partial charge in [0.1, 0.15) is 5.51 Å². The number of rotatable bonds is 3. The number of fused-ring (bicyclic) bond motifs is 1. The van der Waals surface area contributed by atoms with E-state index in [9.17, 15) is 4.79 Å². The highest BCUT2D eigenvalue weighted by Crippen LogP contribution is 2.35. The van der Waals surface area contributed by atoms with Crippen LogP contribution in [0, 0.1) is 0 Å². The van der Waals surface area contributed by atoms with E-state index in [1.165, 1.54) is 28.0 Å². The summed E-state index contributed by atoms with van der Waals surface area (Å²) in [4.78, 5) is 15.9. The SMILES string of the molecule is C[C@H](Sc1nncs1)C(=O)N1CCCSc2ccccc21. The molecule has 0 saturated heterocycles. The molecule has 1 aliphatic heterocycles. The molecule has 1 aromatic carbocycles. The molecule has 1 aliphatic rings.